The predicted octanol–water partition coefficient (Wildman–Crippen LogP) is 3.55. The lowest BCUT2D eigenvalue weighted by atomic mass is 10.1. The second-order valence-corrected chi connectivity index (χ2v) is 6.67. The maximum absolute atomic E-state index is 12.4. The lowest BCUT2D eigenvalue weighted by Crippen LogP contribution is -2.39. The Morgan fingerprint density at radius 3 is 2.20 bits per heavy atom. The number of halogens is 2. The summed E-state index contributed by atoms with van der Waals surface area (Å²) in [6.07, 6.45) is 0. The molecule has 1 atom stereocenters. The zero-order valence-electron chi connectivity index (χ0n) is 13.9. The van der Waals surface area contributed by atoms with Gasteiger partial charge in [-0.05, 0) is 62.0 Å². The number of benzene rings is 2. The first-order valence-electron chi connectivity index (χ1n) is 7.62. The topological polar surface area (TPSA) is 75.4 Å². The summed E-state index contributed by atoms with van der Waals surface area (Å²) in [7, 11) is 1.84. The minimum absolute atomic E-state index is 0.164. The summed E-state index contributed by atoms with van der Waals surface area (Å²) in [6.45, 7) is 2.33. The normalized spacial score (nSPS) is 12.0. The molecule has 132 valence electrons. The van der Waals surface area contributed by atoms with Crippen molar-refractivity contribution in [3.8, 4) is 0 Å². The van der Waals surface area contributed by atoms with E-state index in [0.29, 0.717) is 27.8 Å². The number of nitrogens with zero attached hydrogens (tertiary/aromatic N) is 1. The van der Waals surface area contributed by atoms with Crippen molar-refractivity contribution >= 4 is 40.7 Å². The summed E-state index contributed by atoms with van der Waals surface area (Å²) in [5.74, 6) is -0.673. The van der Waals surface area contributed by atoms with Crippen LogP contribution in [0.2, 0.25) is 10.0 Å². The van der Waals surface area contributed by atoms with Gasteiger partial charge in [0.1, 0.15) is 0 Å². The zero-order chi connectivity index (χ0) is 18.6. The summed E-state index contributed by atoms with van der Waals surface area (Å²) >= 11 is 12.0. The largest absolute Gasteiger partial charge is 0.366 e. The smallest absolute Gasteiger partial charge is 0.248 e. The number of hydrogen-bond acceptors (Lipinski definition) is 3. The van der Waals surface area contributed by atoms with E-state index in [0.717, 1.165) is 5.56 Å². The molecule has 5 nitrogen and oxygen atoms in total. The molecule has 0 aliphatic carbocycles. The van der Waals surface area contributed by atoms with Crippen LogP contribution in [0.1, 0.15) is 22.8 Å². The van der Waals surface area contributed by atoms with Crippen LogP contribution in [0.4, 0.5) is 5.69 Å². The molecule has 0 saturated carbocycles. The van der Waals surface area contributed by atoms with Gasteiger partial charge in [-0.25, -0.2) is 0 Å². The van der Waals surface area contributed by atoms with Gasteiger partial charge in [0.05, 0.1) is 6.04 Å². The molecule has 0 radical (unpaired) electrons. The molecule has 0 bridgehead atoms. The van der Waals surface area contributed by atoms with Crippen molar-refractivity contribution in [2.45, 2.75) is 19.5 Å². The van der Waals surface area contributed by atoms with Gasteiger partial charge in [0.25, 0.3) is 0 Å². The van der Waals surface area contributed by atoms with Crippen LogP contribution < -0.4 is 11.1 Å². The lowest BCUT2D eigenvalue weighted by Gasteiger charge is -2.24. The molecule has 25 heavy (non-hydrogen) atoms. The third kappa shape index (κ3) is 5.46. The molecule has 0 aromatic heterocycles. The molecule has 2 aromatic rings. The van der Waals surface area contributed by atoms with Crippen molar-refractivity contribution < 1.29 is 9.59 Å². The van der Waals surface area contributed by atoms with Crippen LogP contribution in [0.25, 0.3) is 0 Å². The molecule has 0 heterocycles. The maximum Gasteiger partial charge on any atom is 0.248 e. The highest BCUT2D eigenvalue weighted by Gasteiger charge is 2.18. The molecule has 0 spiro atoms. The van der Waals surface area contributed by atoms with Crippen molar-refractivity contribution in [2.24, 2.45) is 5.73 Å². The van der Waals surface area contributed by atoms with Crippen LogP contribution in [0.5, 0.6) is 0 Å². The fraction of sp³-hybridized carbons (Fsp3) is 0.222. The van der Waals surface area contributed by atoms with Gasteiger partial charge in [0, 0.05) is 27.8 Å². The number of likely N-dealkylation sites (N-methyl/N-ethyl adjacent to an activating group) is 1. The highest BCUT2D eigenvalue weighted by atomic mass is 35.5. The number of nitrogens with one attached hydrogen (secondary N) is 1. The lowest BCUT2D eigenvalue weighted by molar-refractivity contribution is -0.120. The van der Waals surface area contributed by atoms with Gasteiger partial charge in [-0.2, -0.15) is 0 Å². The predicted molar refractivity (Wildman–Crippen MR) is 101 cm³/mol. The van der Waals surface area contributed by atoms with Gasteiger partial charge >= 0.3 is 0 Å². The third-order valence-corrected chi connectivity index (χ3v) is 4.27. The Morgan fingerprint density at radius 1 is 1.12 bits per heavy atom. The molecular formula is C18H19Cl2N3O2. The molecular weight excluding hydrogens is 361 g/mol. The van der Waals surface area contributed by atoms with Crippen LogP contribution in [0, 0.1) is 0 Å². The van der Waals surface area contributed by atoms with Crippen molar-refractivity contribution in [2.75, 3.05) is 12.4 Å². The number of anilines is 1. The quantitative estimate of drug-likeness (QED) is 0.805. The van der Waals surface area contributed by atoms with Gasteiger partial charge in [0.2, 0.25) is 11.8 Å². The van der Waals surface area contributed by atoms with Gasteiger partial charge in [-0.15, -0.1) is 0 Å². The molecule has 0 fully saturated rings. The minimum atomic E-state index is -0.508. The highest BCUT2D eigenvalue weighted by Crippen LogP contribution is 2.20. The van der Waals surface area contributed by atoms with Crippen molar-refractivity contribution in [1.82, 2.24) is 4.90 Å². The molecule has 2 rings (SSSR count). The first-order chi connectivity index (χ1) is 11.8. The van der Waals surface area contributed by atoms with E-state index in [4.69, 9.17) is 28.9 Å². The Bertz CT molecular complexity index is 758. The Labute approximate surface area is 156 Å². The van der Waals surface area contributed by atoms with E-state index in [9.17, 15) is 9.59 Å². The van der Waals surface area contributed by atoms with Crippen LogP contribution in [0.3, 0.4) is 0 Å². The van der Waals surface area contributed by atoms with E-state index in [-0.39, 0.29) is 11.9 Å². The van der Waals surface area contributed by atoms with Crippen LogP contribution in [0.15, 0.2) is 42.5 Å². The van der Waals surface area contributed by atoms with Gasteiger partial charge in [0.15, 0.2) is 0 Å². The average molecular weight is 380 g/mol. The Balaban J connectivity index is 1.99. The number of carbonyl (C=O) groups is 2. The van der Waals surface area contributed by atoms with E-state index < -0.39 is 5.91 Å². The highest BCUT2D eigenvalue weighted by molar-refractivity contribution is 6.34. The molecule has 1 unspecified atom stereocenters. The second kappa shape index (κ2) is 8.34. The molecule has 3 N–H and O–H groups in total. The Hall–Kier alpha value is -2.08. The molecule has 2 aromatic carbocycles. The fourth-order valence-corrected chi connectivity index (χ4v) is 2.86. The van der Waals surface area contributed by atoms with Crippen molar-refractivity contribution in [1.29, 1.82) is 0 Å². The summed E-state index contributed by atoms with van der Waals surface area (Å²) in [6, 6.07) is 11.3. The van der Waals surface area contributed by atoms with Gasteiger partial charge in [-0.1, -0.05) is 23.2 Å². The first-order valence-corrected chi connectivity index (χ1v) is 8.38. The van der Waals surface area contributed by atoms with Crippen LogP contribution in [-0.4, -0.2) is 29.8 Å². The van der Waals surface area contributed by atoms with E-state index in [1.54, 1.807) is 37.3 Å². The maximum atomic E-state index is 12.4. The van der Waals surface area contributed by atoms with Crippen molar-refractivity contribution in [3.05, 3.63) is 63.6 Å². The van der Waals surface area contributed by atoms with E-state index >= 15 is 0 Å². The average Bonchev–Trinajstić information content (AvgIpc) is 2.53. The standard InChI is InChI=1S/C18H19Cl2N3O2/c1-11(23(2)10-12-7-14(19)9-15(20)8-12)18(25)22-16-5-3-13(4-6-16)17(21)24/h3-9,11H,10H2,1-2H3,(H2,21,24)(H,22,25). The molecule has 0 aliphatic heterocycles. The summed E-state index contributed by atoms with van der Waals surface area (Å²) < 4.78 is 0. The summed E-state index contributed by atoms with van der Waals surface area (Å²) in [4.78, 5) is 25.3. The number of primary amides is 1. The number of rotatable bonds is 6. The summed E-state index contributed by atoms with van der Waals surface area (Å²) in [5, 5.41) is 3.93. The van der Waals surface area contributed by atoms with Gasteiger partial charge in [-0.3, -0.25) is 14.5 Å². The number of carbonyl (C=O) groups excluding carboxylic acids is 2. The molecule has 2 amide bonds. The number of nitrogens with two attached hydrogens (primary N) is 1. The van der Waals surface area contributed by atoms with Crippen molar-refractivity contribution in [3.63, 3.8) is 0 Å². The minimum Gasteiger partial charge on any atom is -0.366 e. The van der Waals surface area contributed by atoms with Crippen LogP contribution in [-0.2, 0) is 11.3 Å². The number of amides is 2. The molecule has 0 aliphatic rings. The Morgan fingerprint density at radius 2 is 1.68 bits per heavy atom. The SMILES string of the molecule is CC(C(=O)Nc1ccc(C(N)=O)cc1)N(C)Cc1cc(Cl)cc(Cl)c1. The van der Waals surface area contributed by atoms with E-state index in [2.05, 4.69) is 5.32 Å². The number of hydrogen-bond donors (Lipinski definition) is 2. The van der Waals surface area contributed by atoms with E-state index in [1.807, 2.05) is 24.1 Å². The fourth-order valence-electron chi connectivity index (χ4n) is 2.29. The zero-order valence-corrected chi connectivity index (χ0v) is 15.4. The van der Waals surface area contributed by atoms with Gasteiger partial charge < -0.3 is 11.1 Å². The Kier molecular flexibility index (Phi) is 6.42. The second-order valence-electron chi connectivity index (χ2n) is 5.80. The first kappa shape index (κ1) is 19.2. The van der Waals surface area contributed by atoms with Crippen LogP contribution >= 0.6 is 23.2 Å². The monoisotopic (exact) mass is 379 g/mol. The molecule has 0 saturated heterocycles. The third-order valence-electron chi connectivity index (χ3n) is 3.83. The summed E-state index contributed by atoms with van der Waals surface area (Å²) in [5.41, 5.74) is 7.11. The molecule has 7 heteroatoms. The van der Waals surface area contributed by atoms with E-state index in [1.165, 1.54) is 0 Å².